The summed E-state index contributed by atoms with van der Waals surface area (Å²) in [6.45, 7) is 10.4. The van der Waals surface area contributed by atoms with Gasteiger partial charge in [0.2, 0.25) is 0 Å². The molecule has 2 aliphatic carbocycles. The molecule has 0 spiro atoms. The third-order valence-corrected chi connectivity index (χ3v) is 5.35. The van der Waals surface area contributed by atoms with Crippen molar-refractivity contribution in [1.82, 2.24) is 0 Å². The van der Waals surface area contributed by atoms with Gasteiger partial charge in [-0.05, 0) is 70.6 Å². The maximum Gasteiger partial charge on any atom is 0.303 e. The molecule has 0 aromatic carbocycles. The van der Waals surface area contributed by atoms with Crippen LogP contribution in [0.15, 0.2) is 11.1 Å². The summed E-state index contributed by atoms with van der Waals surface area (Å²) in [5.74, 6) is 1.84. The van der Waals surface area contributed by atoms with E-state index in [4.69, 9.17) is 4.74 Å². The van der Waals surface area contributed by atoms with Gasteiger partial charge in [0, 0.05) is 6.92 Å². The number of fused-ring (bicyclic) bond motifs is 1. The van der Waals surface area contributed by atoms with Crippen LogP contribution in [0.25, 0.3) is 0 Å². The monoisotopic (exact) mass is 264 g/mol. The van der Waals surface area contributed by atoms with Crippen LogP contribution < -0.4 is 0 Å². The molecule has 0 heterocycles. The van der Waals surface area contributed by atoms with Crippen LogP contribution in [-0.2, 0) is 9.53 Å². The van der Waals surface area contributed by atoms with E-state index in [1.54, 1.807) is 11.1 Å². The second-order valence-electron chi connectivity index (χ2n) is 7.10. The standard InChI is InChI=1S/C17H28O2/c1-11-6-8-14(17(4,5)19-13(3)18)10-16-12(2)7-9-15(11)16/h12,14,16H,6-10H2,1-5H3/t12-,14+,16?/m0/s1. The predicted molar refractivity (Wildman–Crippen MR) is 77.8 cm³/mol. The first kappa shape index (κ1) is 14.6. The molecule has 1 unspecified atom stereocenters. The first-order valence-electron chi connectivity index (χ1n) is 7.69. The number of esters is 1. The lowest BCUT2D eigenvalue weighted by atomic mass is 9.78. The molecular formula is C17H28O2. The van der Waals surface area contributed by atoms with Crippen LogP contribution in [0.2, 0.25) is 0 Å². The van der Waals surface area contributed by atoms with Crippen LogP contribution in [0.5, 0.6) is 0 Å². The van der Waals surface area contributed by atoms with E-state index in [0.717, 1.165) is 18.3 Å². The van der Waals surface area contributed by atoms with Gasteiger partial charge in [-0.1, -0.05) is 18.1 Å². The van der Waals surface area contributed by atoms with Crippen molar-refractivity contribution in [2.24, 2.45) is 17.8 Å². The second kappa shape index (κ2) is 5.30. The summed E-state index contributed by atoms with van der Waals surface area (Å²) >= 11 is 0. The Morgan fingerprint density at radius 1 is 1.26 bits per heavy atom. The van der Waals surface area contributed by atoms with Crippen molar-refractivity contribution in [2.75, 3.05) is 0 Å². The van der Waals surface area contributed by atoms with Crippen molar-refractivity contribution >= 4 is 5.97 Å². The van der Waals surface area contributed by atoms with Crippen LogP contribution in [0.3, 0.4) is 0 Å². The van der Waals surface area contributed by atoms with Crippen molar-refractivity contribution < 1.29 is 9.53 Å². The molecule has 0 radical (unpaired) electrons. The highest BCUT2D eigenvalue weighted by atomic mass is 16.6. The molecular weight excluding hydrogens is 236 g/mol. The van der Waals surface area contributed by atoms with E-state index in [1.807, 2.05) is 0 Å². The van der Waals surface area contributed by atoms with Crippen molar-refractivity contribution in [2.45, 2.75) is 72.3 Å². The topological polar surface area (TPSA) is 26.3 Å². The first-order chi connectivity index (χ1) is 8.81. The summed E-state index contributed by atoms with van der Waals surface area (Å²) in [4.78, 5) is 11.3. The lowest BCUT2D eigenvalue weighted by molar-refractivity contribution is -0.159. The fourth-order valence-corrected chi connectivity index (χ4v) is 4.08. The van der Waals surface area contributed by atoms with Gasteiger partial charge in [0.15, 0.2) is 0 Å². The molecule has 108 valence electrons. The number of carbonyl (C=O) groups is 1. The van der Waals surface area contributed by atoms with Crippen LogP contribution >= 0.6 is 0 Å². The molecule has 2 heteroatoms. The molecule has 2 rings (SSSR count). The van der Waals surface area contributed by atoms with Crippen molar-refractivity contribution in [1.29, 1.82) is 0 Å². The number of hydrogen-bond acceptors (Lipinski definition) is 2. The largest absolute Gasteiger partial charge is 0.460 e. The molecule has 2 nitrogen and oxygen atoms in total. The minimum Gasteiger partial charge on any atom is -0.460 e. The van der Waals surface area contributed by atoms with Gasteiger partial charge in [-0.15, -0.1) is 0 Å². The number of allylic oxidation sites excluding steroid dienone is 2. The summed E-state index contributed by atoms with van der Waals surface area (Å²) in [5.41, 5.74) is 2.99. The fraction of sp³-hybridized carbons (Fsp3) is 0.824. The summed E-state index contributed by atoms with van der Waals surface area (Å²) in [6, 6.07) is 0. The van der Waals surface area contributed by atoms with Crippen LogP contribution in [0, 0.1) is 17.8 Å². The van der Waals surface area contributed by atoms with Gasteiger partial charge < -0.3 is 4.74 Å². The minimum atomic E-state index is -0.329. The Balaban J connectivity index is 2.17. The van der Waals surface area contributed by atoms with Crippen molar-refractivity contribution in [3.63, 3.8) is 0 Å². The van der Waals surface area contributed by atoms with E-state index in [1.165, 1.54) is 32.6 Å². The van der Waals surface area contributed by atoms with Crippen LogP contribution in [0.4, 0.5) is 0 Å². The zero-order chi connectivity index (χ0) is 14.2. The number of hydrogen-bond donors (Lipinski definition) is 0. The summed E-state index contributed by atoms with van der Waals surface area (Å²) in [7, 11) is 0. The maximum atomic E-state index is 11.3. The summed E-state index contributed by atoms with van der Waals surface area (Å²) in [5, 5.41) is 0. The van der Waals surface area contributed by atoms with Gasteiger partial charge in [0.25, 0.3) is 0 Å². The average Bonchev–Trinajstić information content (AvgIpc) is 2.53. The number of rotatable bonds is 2. The first-order valence-corrected chi connectivity index (χ1v) is 7.69. The van der Waals surface area contributed by atoms with E-state index >= 15 is 0 Å². The van der Waals surface area contributed by atoms with Gasteiger partial charge in [0.05, 0.1) is 0 Å². The molecule has 0 aliphatic heterocycles. The third-order valence-electron chi connectivity index (χ3n) is 5.35. The molecule has 0 aromatic rings. The molecule has 0 N–H and O–H groups in total. The molecule has 1 fully saturated rings. The molecule has 19 heavy (non-hydrogen) atoms. The Kier molecular flexibility index (Phi) is 4.08. The zero-order valence-electron chi connectivity index (χ0n) is 13.1. The molecule has 0 bridgehead atoms. The Labute approximate surface area is 117 Å². The highest BCUT2D eigenvalue weighted by Crippen LogP contribution is 2.48. The van der Waals surface area contributed by atoms with Gasteiger partial charge >= 0.3 is 5.97 Å². The normalized spacial score (nSPS) is 31.9. The summed E-state index contributed by atoms with van der Waals surface area (Å²) < 4.78 is 5.59. The van der Waals surface area contributed by atoms with Gasteiger partial charge in [-0.25, -0.2) is 0 Å². The number of ether oxygens (including phenoxy) is 1. The fourth-order valence-electron chi connectivity index (χ4n) is 4.08. The Morgan fingerprint density at radius 3 is 2.58 bits per heavy atom. The summed E-state index contributed by atoms with van der Waals surface area (Å²) in [6.07, 6.45) is 6.14. The molecule has 2 aliphatic rings. The highest BCUT2D eigenvalue weighted by molar-refractivity contribution is 5.66. The molecule has 0 amide bonds. The van der Waals surface area contributed by atoms with E-state index in [2.05, 4.69) is 27.7 Å². The highest BCUT2D eigenvalue weighted by Gasteiger charge is 2.40. The Bertz CT molecular complexity index is 392. The second-order valence-corrected chi connectivity index (χ2v) is 7.10. The quantitative estimate of drug-likeness (QED) is 0.542. The lowest BCUT2D eigenvalue weighted by Gasteiger charge is -2.35. The Hall–Kier alpha value is -0.790. The third kappa shape index (κ3) is 3.04. The van der Waals surface area contributed by atoms with Crippen molar-refractivity contribution in [3.05, 3.63) is 11.1 Å². The molecule has 0 saturated heterocycles. The van der Waals surface area contributed by atoms with Crippen LogP contribution in [-0.4, -0.2) is 11.6 Å². The lowest BCUT2D eigenvalue weighted by Crippen LogP contribution is -2.37. The van der Waals surface area contributed by atoms with Gasteiger partial charge in [-0.2, -0.15) is 0 Å². The van der Waals surface area contributed by atoms with Gasteiger partial charge in [0.1, 0.15) is 5.60 Å². The molecule has 3 atom stereocenters. The predicted octanol–water partition coefficient (Wildman–Crippen LogP) is 4.49. The average molecular weight is 264 g/mol. The van der Waals surface area contributed by atoms with Crippen molar-refractivity contribution in [3.8, 4) is 0 Å². The van der Waals surface area contributed by atoms with E-state index in [0.29, 0.717) is 5.92 Å². The van der Waals surface area contributed by atoms with Gasteiger partial charge in [-0.3, -0.25) is 4.79 Å². The number of carbonyl (C=O) groups excluding carboxylic acids is 1. The zero-order valence-corrected chi connectivity index (χ0v) is 13.1. The molecule has 1 saturated carbocycles. The SMILES string of the molecule is CC(=O)OC(C)(C)[C@@H]1CCC(C)=C2CC[C@H](C)C2C1. The minimum absolute atomic E-state index is 0.154. The van der Waals surface area contributed by atoms with Crippen LogP contribution in [0.1, 0.15) is 66.7 Å². The van der Waals surface area contributed by atoms with E-state index < -0.39 is 0 Å². The Morgan fingerprint density at radius 2 is 1.95 bits per heavy atom. The van der Waals surface area contributed by atoms with E-state index in [-0.39, 0.29) is 11.6 Å². The molecule has 0 aromatic heterocycles. The van der Waals surface area contributed by atoms with E-state index in [9.17, 15) is 4.79 Å². The maximum absolute atomic E-state index is 11.3. The smallest absolute Gasteiger partial charge is 0.303 e.